The zero-order chi connectivity index (χ0) is 9.42. The molecule has 0 radical (unpaired) electrons. The van der Waals surface area contributed by atoms with Gasteiger partial charge in [0.2, 0.25) is 0 Å². The Morgan fingerprint density at radius 2 is 2.38 bits per heavy atom. The summed E-state index contributed by atoms with van der Waals surface area (Å²) in [5.74, 6) is -0.972. The van der Waals surface area contributed by atoms with Crippen LogP contribution in [-0.2, 0) is 0 Å². The van der Waals surface area contributed by atoms with Gasteiger partial charge < -0.3 is 10.1 Å². The Hall–Kier alpha value is -1.36. The lowest BCUT2D eigenvalue weighted by atomic mass is 10.2. The molecule has 66 valence electrons. The minimum absolute atomic E-state index is 0.182. The number of rotatable bonds is 1. The van der Waals surface area contributed by atoms with Gasteiger partial charge in [0.25, 0.3) is 0 Å². The second-order valence-corrected chi connectivity index (χ2v) is 3.42. The maximum absolute atomic E-state index is 10.6. The molecule has 13 heavy (non-hydrogen) atoms. The van der Waals surface area contributed by atoms with E-state index < -0.39 is 5.97 Å². The maximum Gasteiger partial charge on any atom is 0.337 e. The number of hydrogen-bond acceptors (Lipinski definition) is 2. The number of carboxylic acid groups (broad SMARTS) is 1. The highest BCUT2D eigenvalue weighted by Crippen LogP contribution is 2.21. The standard InChI is InChI=1S/C8H5BrN2O2/c9-5-3-10-6-1-4(8(12)13)2-11-7(5)6/h1-3,10H,(H,12,13). The van der Waals surface area contributed by atoms with Gasteiger partial charge >= 0.3 is 5.97 Å². The highest BCUT2D eigenvalue weighted by molar-refractivity contribution is 9.10. The number of nitrogens with zero attached hydrogens (tertiary/aromatic N) is 1. The predicted octanol–water partition coefficient (Wildman–Crippen LogP) is 2.02. The van der Waals surface area contributed by atoms with Crippen LogP contribution in [-0.4, -0.2) is 21.0 Å². The number of aromatic carboxylic acids is 1. The molecule has 0 aliphatic carbocycles. The third-order valence-electron chi connectivity index (χ3n) is 1.72. The normalized spacial score (nSPS) is 10.5. The van der Waals surface area contributed by atoms with Crippen LogP contribution < -0.4 is 0 Å². The molecule has 0 saturated heterocycles. The van der Waals surface area contributed by atoms with Gasteiger partial charge in [-0.05, 0) is 22.0 Å². The molecule has 0 atom stereocenters. The summed E-state index contributed by atoms with van der Waals surface area (Å²) in [6, 6.07) is 1.55. The fourth-order valence-electron chi connectivity index (χ4n) is 1.09. The molecule has 0 saturated carbocycles. The molecular formula is C8H5BrN2O2. The molecule has 0 unspecified atom stereocenters. The number of halogens is 1. The third-order valence-corrected chi connectivity index (χ3v) is 2.32. The van der Waals surface area contributed by atoms with Gasteiger partial charge in [0.1, 0.15) is 5.52 Å². The highest BCUT2D eigenvalue weighted by atomic mass is 79.9. The summed E-state index contributed by atoms with van der Waals surface area (Å²) in [7, 11) is 0. The van der Waals surface area contributed by atoms with Gasteiger partial charge in [0, 0.05) is 12.4 Å². The number of aromatic amines is 1. The lowest BCUT2D eigenvalue weighted by Gasteiger charge is -1.93. The molecule has 0 aliphatic heterocycles. The first-order valence-electron chi connectivity index (χ1n) is 3.54. The predicted molar refractivity (Wildman–Crippen MR) is 50.8 cm³/mol. The van der Waals surface area contributed by atoms with Crippen LogP contribution in [0.15, 0.2) is 22.9 Å². The van der Waals surface area contributed by atoms with Crippen molar-refractivity contribution < 1.29 is 9.90 Å². The Labute approximate surface area is 81.7 Å². The molecule has 0 fully saturated rings. The van der Waals surface area contributed by atoms with E-state index in [1.807, 2.05) is 0 Å². The van der Waals surface area contributed by atoms with Crippen molar-refractivity contribution in [3.63, 3.8) is 0 Å². The average Bonchev–Trinajstić information content (AvgIpc) is 2.47. The minimum atomic E-state index is -0.972. The second-order valence-electron chi connectivity index (χ2n) is 2.56. The summed E-state index contributed by atoms with van der Waals surface area (Å²) >= 11 is 3.29. The first kappa shape index (κ1) is 8.25. The lowest BCUT2D eigenvalue weighted by molar-refractivity contribution is 0.0696. The topological polar surface area (TPSA) is 66.0 Å². The lowest BCUT2D eigenvalue weighted by Crippen LogP contribution is -1.96. The largest absolute Gasteiger partial charge is 0.478 e. The van der Waals surface area contributed by atoms with Gasteiger partial charge in [-0.3, -0.25) is 4.98 Å². The number of H-pyrrole nitrogens is 1. The molecule has 2 heterocycles. The SMILES string of the molecule is O=C(O)c1cnc2c(Br)c[nH]c2c1. The summed E-state index contributed by atoms with van der Waals surface area (Å²) < 4.78 is 0.833. The van der Waals surface area contributed by atoms with Crippen molar-refractivity contribution in [1.82, 2.24) is 9.97 Å². The molecule has 0 aromatic carbocycles. The Bertz CT molecular complexity index is 478. The molecule has 0 aliphatic rings. The number of pyridine rings is 1. The van der Waals surface area contributed by atoms with Crippen LogP contribution in [0, 0.1) is 0 Å². The zero-order valence-electron chi connectivity index (χ0n) is 6.41. The Morgan fingerprint density at radius 1 is 1.62 bits per heavy atom. The maximum atomic E-state index is 10.6. The van der Waals surface area contributed by atoms with Crippen LogP contribution >= 0.6 is 15.9 Å². The van der Waals surface area contributed by atoms with Crippen LogP contribution in [0.25, 0.3) is 11.0 Å². The van der Waals surface area contributed by atoms with E-state index >= 15 is 0 Å². The van der Waals surface area contributed by atoms with E-state index in [1.54, 1.807) is 12.3 Å². The second kappa shape index (κ2) is 2.85. The average molecular weight is 241 g/mol. The number of aromatic nitrogens is 2. The van der Waals surface area contributed by atoms with E-state index in [9.17, 15) is 4.79 Å². The van der Waals surface area contributed by atoms with Gasteiger partial charge in [-0.2, -0.15) is 0 Å². The molecule has 2 N–H and O–H groups in total. The molecule has 4 nitrogen and oxygen atoms in total. The number of hydrogen-bond donors (Lipinski definition) is 2. The molecule has 2 rings (SSSR count). The Balaban J connectivity index is 2.70. The van der Waals surface area contributed by atoms with Crippen LogP contribution in [0.3, 0.4) is 0 Å². The van der Waals surface area contributed by atoms with Crippen LogP contribution in [0.5, 0.6) is 0 Å². The van der Waals surface area contributed by atoms with E-state index in [1.165, 1.54) is 6.20 Å². The fourth-order valence-corrected chi connectivity index (χ4v) is 1.52. The van der Waals surface area contributed by atoms with E-state index in [0.29, 0.717) is 5.52 Å². The van der Waals surface area contributed by atoms with Crippen molar-refractivity contribution in [2.75, 3.05) is 0 Å². The van der Waals surface area contributed by atoms with Gasteiger partial charge in [0.05, 0.1) is 15.6 Å². The van der Waals surface area contributed by atoms with Crippen molar-refractivity contribution in [1.29, 1.82) is 0 Å². The van der Waals surface area contributed by atoms with Crippen LogP contribution in [0.4, 0.5) is 0 Å². The number of fused-ring (bicyclic) bond motifs is 1. The highest BCUT2D eigenvalue weighted by Gasteiger charge is 2.07. The van der Waals surface area contributed by atoms with E-state index in [4.69, 9.17) is 5.11 Å². The van der Waals surface area contributed by atoms with Crippen molar-refractivity contribution >= 4 is 32.9 Å². The smallest absolute Gasteiger partial charge is 0.337 e. The summed E-state index contributed by atoms with van der Waals surface area (Å²) in [5.41, 5.74) is 1.64. The minimum Gasteiger partial charge on any atom is -0.478 e. The molecule has 2 aromatic rings. The number of nitrogens with one attached hydrogen (secondary N) is 1. The van der Waals surface area contributed by atoms with Gasteiger partial charge in [-0.1, -0.05) is 0 Å². The quantitative estimate of drug-likeness (QED) is 0.802. The van der Waals surface area contributed by atoms with Crippen LogP contribution in [0.2, 0.25) is 0 Å². The summed E-state index contributed by atoms with van der Waals surface area (Å²) in [4.78, 5) is 17.5. The Kier molecular flexibility index (Phi) is 1.81. The summed E-state index contributed by atoms with van der Waals surface area (Å²) in [5, 5.41) is 8.69. The molecule has 0 bridgehead atoms. The molecular weight excluding hydrogens is 236 g/mol. The van der Waals surface area contributed by atoms with Gasteiger partial charge in [-0.25, -0.2) is 4.79 Å². The van der Waals surface area contributed by atoms with Gasteiger partial charge in [-0.15, -0.1) is 0 Å². The van der Waals surface area contributed by atoms with E-state index in [2.05, 4.69) is 25.9 Å². The van der Waals surface area contributed by atoms with Crippen molar-refractivity contribution in [3.05, 3.63) is 28.5 Å². The summed E-state index contributed by atoms with van der Waals surface area (Å²) in [6.07, 6.45) is 3.06. The molecule has 5 heteroatoms. The fraction of sp³-hybridized carbons (Fsp3) is 0. The summed E-state index contributed by atoms with van der Waals surface area (Å²) in [6.45, 7) is 0. The van der Waals surface area contributed by atoms with Gasteiger partial charge in [0.15, 0.2) is 0 Å². The van der Waals surface area contributed by atoms with Crippen molar-refractivity contribution in [3.8, 4) is 0 Å². The molecule has 2 aromatic heterocycles. The van der Waals surface area contributed by atoms with Crippen molar-refractivity contribution in [2.45, 2.75) is 0 Å². The van der Waals surface area contributed by atoms with E-state index in [-0.39, 0.29) is 5.56 Å². The first-order chi connectivity index (χ1) is 6.18. The van der Waals surface area contributed by atoms with Crippen LogP contribution in [0.1, 0.15) is 10.4 Å². The van der Waals surface area contributed by atoms with Crippen molar-refractivity contribution in [2.24, 2.45) is 0 Å². The number of carbonyl (C=O) groups is 1. The molecule has 0 amide bonds. The molecule has 0 spiro atoms. The third kappa shape index (κ3) is 1.31. The first-order valence-corrected chi connectivity index (χ1v) is 4.33. The Morgan fingerprint density at radius 3 is 3.08 bits per heavy atom. The van der Waals surface area contributed by atoms with E-state index in [0.717, 1.165) is 9.99 Å². The monoisotopic (exact) mass is 240 g/mol. The zero-order valence-corrected chi connectivity index (χ0v) is 8.00. The number of carboxylic acids is 1.